The third kappa shape index (κ3) is 5.40. The van der Waals surface area contributed by atoms with E-state index >= 15 is 0 Å². The molecule has 0 spiro atoms. The lowest BCUT2D eigenvalue weighted by Gasteiger charge is -2.14. The van der Waals surface area contributed by atoms with Crippen LogP contribution in [0.4, 0.5) is 36.8 Å². The summed E-state index contributed by atoms with van der Waals surface area (Å²) in [6.07, 6.45) is -11.2. The van der Waals surface area contributed by atoms with E-state index < -0.39 is 35.3 Å². The number of carbonyl (C=O) groups excluding carboxylic acids is 1. The van der Waals surface area contributed by atoms with Crippen molar-refractivity contribution in [3.8, 4) is 0 Å². The molecule has 0 radical (unpaired) electrons. The molecule has 0 atom stereocenters. The van der Waals surface area contributed by atoms with Crippen LogP contribution in [0.3, 0.4) is 0 Å². The highest BCUT2D eigenvalue weighted by Gasteiger charge is 2.37. The molecule has 2 aromatic carbocycles. The van der Waals surface area contributed by atoms with Crippen LogP contribution < -0.4 is 5.32 Å². The van der Waals surface area contributed by atoms with Gasteiger partial charge in [-0.15, -0.1) is 0 Å². The minimum Gasteiger partial charge on any atom is -0.444 e. The van der Waals surface area contributed by atoms with Crippen LogP contribution in [0.5, 0.6) is 0 Å². The van der Waals surface area contributed by atoms with Gasteiger partial charge in [-0.3, -0.25) is 5.32 Å². The van der Waals surface area contributed by atoms with E-state index in [4.69, 9.17) is 4.74 Å². The molecule has 1 N–H and O–H groups in total. The summed E-state index contributed by atoms with van der Waals surface area (Å²) in [5, 5.41) is 1.88. The number of amides is 1. The molecule has 134 valence electrons. The van der Waals surface area contributed by atoms with Crippen LogP contribution in [0, 0.1) is 0 Å². The fraction of sp³-hybridized carbons (Fsp3) is 0.188. The van der Waals surface area contributed by atoms with Crippen LogP contribution in [-0.2, 0) is 23.7 Å². The lowest BCUT2D eigenvalue weighted by atomic mass is 10.1. The molecule has 0 aliphatic rings. The average molecular weight is 363 g/mol. The van der Waals surface area contributed by atoms with Crippen LogP contribution in [0.25, 0.3) is 0 Å². The van der Waals surface area contributed by atoms with Crippen LogP contribution >= 0.6 is 0 Å². The molecular formula is C16H11F6NO2. The summed E-state index contributed by atoms with van der Waals surface area (Å²) < 4.78 is 81.2. The second-order valence-electron chi connectivity index (χ2n) is 4.98. The second kappa shape index (κ2) is 7.04. The predicted octanol–water partition coefficient (Wildman–Crippen LogP) is 5.47. The Hall–Kier alpha value is -2.71. The topological polar surface area (TPSA) is 38.3 Å². The van der Waals surface area contributed by atoms with Gasteiger partial charge in [0.25, 0.3) is 0 Å². The number of hydrogen-bond donors (Lipinski definition) is 1. The number of nitrogens with one attached hydrogen (secondary N) is 1. The largest absolute Gasteiger partial charge is 0.444 e. The Morgan fingerprint density at radius 2 is 1.40 bits per heavy atom. The Morgan fingerprint density at radius 3 is 1.88 bits per heavy atom. The van der Waals surface area contributed by atoms with Gasteiger partial charge in [-0.2, -0.15) is 26.3 Å². The number of anilines is 1. The first-order valence-corrected chi connectivity index (χ1v) is 6.83. The maximum Gasteiger partial charge on any atom is 0.416 e. The van der Waals surface area contributed by atoms with Crippen molar-refractivity contribution in [2.75, 3.05) is 5.32 Å². The van der Waals surface area contributed by atoms with Gasteiger partial charge in [0.15, 0.2) is 0 Å². The van der Waals surface area contributed by atoms with Crippen LogP contribution in [0.2, 0.25) is 0 Å². The number of ether oxygens (including phenoxy) is 1. The first-order chi connectivity index (χ1) is 11.6. The second-order valence-corrected chi connectivity index (χ2v) is 4.98. The van der Waals surface area contributed by atoms with Gasteiger partial charge >= 0.3 is 18.4 Å². The number of halogens is 6. The molecule has 2 aromatic rings. The summed E-state index contributed by atoms with van der Waals surface area (Å²) in [6, 6.07) is 9.14. The van der Waals surface area contributed by atoms with Gasteiger partial charge < -0.3 is 4.74 Å². The van der Waals surface area contributed by atoms with Crippen LogP contribution in [0.15, 0.2) is 48.5 Å². The van der Waals surface area contributed by atoms with Gasteiger partial charge in [-0.1, -0.05) is 30.3 Å². The van der Waals surface area contributed by atoms with Crippen molar-refractivity contribution >= 4 is 11.8 Å². The fourth-order valence-electron chi connectivity index (χ4n) is 1.90. The zero-order valence-electron chi connectivity index (χ0n) is 12.4. The van der Waals surface area contributed by atoms with Gasteiger partial charge in [0.2, 0.25) is 0 Å². The van der Waals surface area contributed by atoms with E-state index in [-0.39, 0.29) is 12.7 Å². The maximum atomic E-state index is 12.7. The third-order valence-electron chi connectivity index (χ3n) is 3.05. The number of benzene rings is 2. The standard InChI is InChI=1S/C16H11F6NO2/c17-15(18,19)11-6-12(16(20,21)22)8-13(7-11)23-14(24)25-9-10-4-2-1-3-5-10/h1-8H,9H2,(H,23,24). The summed E-state index contributed by atoms with van der Waals surface area (Å²) in [7, 11) is 0. The van der Waals surface area contributed by atoms with Crippen molar-refractivity contribution in [2.45, 2.75) is 19.0 Å². The third-order valence-corrected chi connectivity index (χ3v) is 3.05. The maximum absolute atomic E-state index is 12.7. The van der Waals surface area contributed by atoms with Crippen molar-refractivity contribution < 1.29 is 35.9 Å². The van der Waals surface area contributed by atoms with E-state index in [1.807, 2.05) is 5.32 Å². The van der Waals surface area contributed by atoms with E-state index in [9.17, 15) is 31.1 Å². The molecule has 0 fully saturated rings. The molecule has 0 unspecified atom stereocenters. The molecule has 9 heteroatoms. The van der Waals surface area contributed by atoms with Gasteiger partial charge in [0.05, 0.1) is 11.1 Å². The average Bonchev–Trinajstić information content (AvgIpc) is 2.52. The molecule has 0 aliphatic heterocycles. The Bertz CT molecular complexity index is 708. The van der Waals surface area contributed by atoms with Gasteiger partial charge in [-0.25, -0.2) is 4.79 Å². The lowest BCUT2D eigenvalue weighted by Crippen LogP contribution is -2.16. The number of rotatable bonds is 3. The van der Waals surface area contributed by atoms with E-state index in [1.165, 1.54) is 0 Å². The molecule has 0 bridgehead atoms. The van der Waals surface area contributed by atoms with Gasteiger partial charge in [0, 0.05) is 5.69 Å². The summed E-state index contributed by atoms with van der Waals surface area (Å²) in [6.45, 7) is -0.183. The Labute approximate surface area is 138 Å². The van der Waals surface area contributed by atoms with E-state index in [1.54, 1.807) is 30.3 Å². The summed E-state index contributed by atoms with van der Waals surface area (Å²) in [4.78, 5) is 11.6. The molecule has 0 saturated carbocycles. The first kappa shape index (κ1) is 18.6. The van der Waals surface area contributed by atoms with Crippen molar-refractivity contribution in [1.82, 2.24) is 0 Å². The van der Waals surface area contributed by atoms with Crippen LogP contribution in [-0.4, -0.2) is 6.09 Å². The predicted molar refractivity (Wildman–Crippen MR) is 76.7 cm³/mol. The molecule has 25 heavy (non-hydrogen) atoms. The highest BCUT2D eigenvalue weighted by atomic mass is 19.4. The van der Waals surface area contributed by atoms with Crippen molar-refractivity contribution in [2.24, 2.45) is 0 Å². The smallest absolute Gasteiger partial charge is 0.416 e. The Kier molecular flexibility index (Phi) is 5.24. The fourth-order valence-corrected chi connectivity index (χ4v) is 1.90. The highest BCUT2D eigenvalue weighted by molar-refractivity contribution is 5.84. The molecule has 0 heterocycles. The molecule has 0 saturated heterocycles. The molecule has 0 aromatic heterocycles. The highest BCUT2D eigenvalue weighted by Crippen LogP contribution is 2.37. The monoisotopic (exact) mass is 363 g/mol. The van der Waals surface area contributed by atoms with Crippen molar-refractivity contribution in [1.29, 1.82) is 0 Å². The summed E-state index contributed by atoms with van der Waals surface area (Å²) >= 11 is 0. The molecule has 3 nitrogen and oxygen atoms in total. The van der Waals surface area contributed by atoms with E-state index in [2.05, 4.69) is 0 Å². The molecule has 1 amide bonds. The van der Waals surface area contributed by atoms with Crippen molar-refractivity contribution in [3.05, 3.63) is 65.2 Å². The molecule has 0 aliphatic carbocycles. The van der Waals surface area contributed by atoms with Gasteiger partial charge in [-0.05, 0) is 23.8 Å². The summed E-state index contributed by atoms with van der Waals surface area (Å²) in [5.41, 5.74) is -3.11. The Balaban J connectivity index is 2.16. The number of hydrogen-bond acceptors (Lipinski definition) is 2. The minimum absolute atomic E-state index is 0.0273. The summed E-state index contributed by atoms with van der Waals surface area (Å²) in [5.74, 6) is 0. The molecule has 2 rings (SSSR count). The van der Waals surface area contributed by atoms with E-state index in [0.29, 0.717) is 17.7 Å². The Morgan fingerprint density at radius 1 is 0.880 bits per heavy atom. The normalized spacial score (nSPS) is 11.9. The van der Waals surface area contributed by atoms with Crippen molar-refractivity contribution in [3.63, 3.8) is 0 Å². The molecular weight excluding hydrogens is 352 g/mol. The quantitative estimate of drug-likeness (QED) is 0.734. The number of carbonyl (C=O) groups is 1. The van der Waals surface area contributed by atoms with E-state index in [0.717, 1.165) is 0 Å². The zero-order chi connectivity index (χ0) is 18.7. The number of alkyl halides is 6. The lowest BCUT2D eigenvalue weighted by molar-refractivity contribution is -0.143. The zero-order valence-corrected chi connectivity index (χ0v) is 12.4. The minimum atomic E-state index is -4.99. The first-order valence-electron chi connectivity index (χ1n) is 6.83. The SMILES string of the molecule is O=C(Nc1cc(C(F)(F)F)cc(C(F)(F)F)c1)OCc1ccccc1. The van der Waals surface area contributed by atoms with Gasteiger partial charge in [0.1, 0.15) is 6.61 Å². The van der Waals surface area contributed by atoms with Crippen LogP contribution in [0.1, 0.15) is 16.7 Å².